The molecule has 3 unspecified atom stereocenters. The van der Waals surface area contributed by atoms with Crippen LogP contribution in [0.5, 0.6) is 0 Å². The van der Waals surface area contributed by atoms with Crippen LogP contribution < -0.4 is 11.1 Å². The summed E-state index contributed by atoms with van der Waals surface area (Å²) in [7, 11) is 0. The fraction of sp³-hybridized carbons (Fsp3) is 0.860. The molecular formula is C50H88ClN3O10. The lowest BCUT2D eigenvalue weighted by atomic mass is 9.79. The van der Waals surface area contributed by atoms with Gasteiger partial charge < -0.3 is 25.6 Å². The number of hydrogen-bond donors (Lipinski definition) is 3. The normalized spacial score (nSPS) is 29.0. The van der Waals surface area contributed by atoms with Crippen molar-refractivity contribution in [2.45, 2.75) is 199 Å². The van der Waals surface area contributed by atoms with Crippen molar-refractivity contribution in [3.05, 3.63) is 21.8 Å². The minimum Gasteiger partial charge on any atom is -0.481 e. The standard InChI is InChI=1S/C12H21NO4.C11H18O2.C10H19NO2.C10H17NO.C7H12O.ClH/c1-4-17-10(14)7-12(9-13(15)16)6-5-11(2,3)8-12;1-4-13-10(12)7-9-5-6-11(2,3)8-9;1-9(2)3-4-10(6-9,7-11)5-8(12)13;1-9(2)3-4-10(6-9)5-8(12)11-7-10;1-7(2)4-3-6(8)5-7;/h4-9H2,1-3H3;7H,4-6,8H2,1-3H3;3-7,11H2,1-2H3,(H,12,13);3-7H2,1-2H3,(H,11,12);3-5H2,1-2H3;1H/b;9-7-;;;;. The Kier molecular flexibility index (Phi) is 22.2. The quantitative estimate of drug-likeness (QED) is 0.0813. The highest BCUT2D eigenvalue weighted by Gasteiger charge is 2.49. The summed E-state index contributed by atoms with van der Waals surface area (Å²) in [6.07, 6.45) is 17.9. The molecule has 0 aromatic heterocycles. The molecule has 14 heteroatoms. The van der Waals surface area contributed by atoms with Crippen LogP contribution in [0.25, 0.3) is 0 Å². The Hall–Kier alpha value is -3.06. The maximum Gasteiger partial charge on any atom is 0.330 e. The number of amides is 1. The first kappa shape index (κ1) is 59.0. The molecule has 6 aliphatic rings. The average molecular weight is 927 g/mol. The summed E-state index contributed by atoms with van der Waals surface area (Å²) in [4.78, 5) is 65.6. The summed E-state index contributed by atoms with van der Waals surface area (Å²) < 4.78 is 9.77. The van der Waals surface area contributed by atoms with Crippen molar-refractivity contribution in [1.29, 1.82) is 0 Å². The maximum absolute atomic E-state index is 11.6. The fourth-order valence-electron chi connectivity index (χ4n) is 11.2. The summed E-state index contributed by atoms with van der Waals surface area (Å²) in [6, 6.07) is 0. The van der Waals surface area contributed by atoms with E-state index in [1.165, 1.54) is 31.3 Å². The monoisotopic (exact) mass is 926 g/mol. The van der Waals surface area contributed by atoms with Gasteiger partial charge in [-0.25, -0.2) is 4.79 Å². The Bertz CT molecular complexity index is 1640. The van der Waals surface area contributed by atoms with Gasteiger partial charge >= 0.3 is 17.9 Å². The molecule has 1 spiro atoms. The molecule has 64 heavy (non-hydrogen) atoms. The molecular weight excluding hydrogens is 838 g/mol. The molecule has 4 N–H and O–H groups in total. The van der Waals surface area contributed by atoms with E-state index < -0.39 is 11.4 Å². The summed E-state index contributed by atoms with van der Waals surface area (Å²) in [5, 5.41) is 22.5. The predicted octanol–water partition coefficient (Wildman–Crippen LogP) is 10.6. The van der Waals surface area contributed by atoms with E-state index in [0.717, 1.165) is 83.6 Å². The van der Waals surface area contributed by atoms with E-state index in [0.29, 0.717) is 47.2 Å². The molecule has 5 saturated carbocycles. The number of hydrogen-bond acceptors (Lipinski definition) is 10. The van der Waals surface area contributed by atoms with Gasteiger partial charge in [-0.15, -0.1) is 12.4 Å². The van der Waals surface area contributed by atoms with Gasteiger partial charge in [0.15, 0.2) is 0 Å². The number of esters is 2. The molecule has 13 nitrogen and oxygen atoms in total. The number of ether oxygens (including phenoxy) is 2. The second-order valence-corrected chi connectivity index (χ2v) is 24.0. The van der Waals surface area contributed by atoms with Crippen molar-refractivity contribution in [3.8, 4) is 0 Å². The number of carboxylic acids is 1. The number of rotatable bonds is 10. The second-order valence-electron chi connectivity index (χ2n) is 24.0. The zero-order chi connectivity index (χ0) is 48.1. The van der Waals surface area contributed by atoms with Gasteiger partial charge in [-0.05, 0) is 142 Å². The van der Waals surface area contributed by atoms with E-state index in [4.69, 9.17) is 20.3 Å². The number of nitrogens with one attached hydrogen (secondary N) is 1. The summed E-state index contributed by atoms with van der Waals surface area (Å²) >= 11 is 0. The maximum atomic E-state index is 11.6. The molecule has 1 aliphatic heterocycles. The number of halogens is 1. The highest BCUT2D eigenvalue weighted by atomic mass is 35.5. The van der Waals surface area contributed by atoms with Crippen molar-refractivity contribution in [2.24, 2.45) is 49.1 Å². The Labute approximate surface area is 391 Å². The highest BCUT2D eigenvalue weighted by Crippen LogP contribution is 2.53. The van der Waals surface area contributed by atoms with Crippen molar-refractivity contribution in [3.63, 3.8) is 0 Å². The van der Waals surface area contributed by atoms with Crippen LogP contribution in [0, 0.1) is 53.4 Å². The summed E-state index contributed by atoms with van der Waals surface area (Å²) in [5.74, 6) is -0.520. The number of nitro groups is 1. The zero-order valence-electron chi connectivity index (χ0n) is 41.9. The van der Waals surface area contributed by atoms with Gasteiger partial charge in [-0.2, -0.15) is 0 Å². The van der Waals surface area contributed by atoms with E-state index in [9.17, 15) is 34.1 Å². The smallest absolute Gasteiger partial charge is 0.330 e. The lowest BCUT2D eigenvalue weighted by Crippen LogP contribution is -2.31. The van der Waals surface area contributed by atoms with Gasteiger partial charge in [-0.3, -0.25) is 29.3 Å². The molecule has 6 fully saturated rings. The van der Waals surface area contributed by atoms with E-state index in [1.54, 1.807) is 13.0 Å². The third-order valence-corrected chi connectivity index (χ3v) is 14.2. The van der Waals surface area contributed by atoms with Crippen LogP contribution in [0.2, 0.25) is 0 Å². The molecule has 1 heterocycles. The average Bonchev–Trinajstić information content (AvgIpc) is 3.95. The summed E-state index contributed by atoms with van der Waals surface area (Å²) in [5.41, 5.74) is 8.13. The highest BCUT2D eigenvalue weighted by molar-refractivity contribution is 5.85. The lowest BCUT2D eigenvalue weighted by molar-refractivity contribution is -0.497. The van der Waals surface area contributed by atoms with Gasteiger partial charge in [0.25, 0.3) is 0 Å². The van der Waals surface area contributed by atoms with Crippen molar-refractivity contribution in [1.82, 2.24) is 5.32 Å². The lowest BCUT2D eigenvalue weighted by Gasteiger charge is -2.27. The SMILES string of the molecule is CC1(C)CCC(=O)C1.CC1(C)CCC(CN)(CC(=O)O)C1.CC1(C)CCC2(CNC(=O)C2)C1.CCOC(=O)/C=C1/CCC(C)(C)C1.CCOC(=O)CC1(C[N+](=O)[O-])CCC(C)(C)C1.Cl. The number of aliphatic carboxylic acids is 1. The number of carboxylic acid groups (broad SMARTS) is 1. The van der Waals surface area contributed by atoms with Crippen LogP contribution in [-0.4, -0.2) is 72.5 Å². The molecule has 3 atom stereocenters. The third kappa shape index (κ3) is 21.1. The fourth-order valence-corrected chi connectivity index (χ4v) is 11.2. The van der Waals surface area contributed by atoms with Crippen molar-refractivity contribution in [2.75, 3.05) is 32.8 Å². The second kappa shape index (κ2) is 24.1. The number of nitrogens with two attached hydrogens (primary N) is 1. The van der Waals surface area contributed by atoms with E-state index in [-0.39, 0.29) is 70.8 Å². The number of Topliss-reactive ketones (excluding diaryl/α,β-unsaturated/α-hetero) is 1. The van der Waals surface area contributed by atoms with Crippen LogP contribution in [0.1, 0.15) is 199 Å². The minimum absolute atomic E-state index is 0. The number of ketones is 1. The molecule has 6 rings (SSSR count). The molecule has 0 aromatic carbocycles. The van der Waals surface area contributed by atoms with Crippen LogP contribution in [0.4, 0.5) is 0 Å². The first-order valence-corrected chi connectivity index (χ1v) is 23.7. The Morgan fingerprint density at radius 3 is 1.56 bits per heavy atom. The van der Waals surface area contributed by atoms with Crippen LogP contribution in [-0.2, 0) is 33.4 Å². The van der Waals surface area contributed by atoms with Gasteiger partial charge in [0.1, 0.15) is 5.78 Å². The van der Waals surface area contributed by atoms with Crippen molar-refractivity contribution < 1.29 is 43.5 Å². The number of nitrogens with zero attached hydrogens (tertiary/aromatic N) is 1. The number of carbonyl (C=O) groups is 5. The zero-order valence-corrected chi connectivity index (χ0v) is 42.7. The van der Waals surface area contributed by atoms with Gasteiger partial charge in [0, 0.05) is 42.2 Å². The first-order chi connectivity index (χ1) is 28.8. The Morgan fingerprint density at radius 2 is 1.22 bits per heavy atom. The molecule has 5 aliphatic carbocycles. The largest absolute Gasteiger partial charge is 0.481 e. The molecule has 0 aromatic rings. The predicted molar refractivity (Wildman–Crippen MR) is 254 cm³/mol. The van der Waals surface area contributed by atoms with Crippen LogP contribution >= 0.6 is 12.4 Å². The van der Waals surface area contributed by atoms with Crippen LogP contribution in [0.15, 0.2) is 11.6 Å². The van der Waals surface area contributed by atoms with Crippen molar-refractivity contribution >= 4 is 42.0 Å². The molecule has 0 radical (unpaired) electrons. The molecule has 0 bridgehead atoms. The number of carbonyl (C=O) groups excluding carboxylic acids is 4. The van der Waals surface area contributed by atoms with Gasteiger partial charge in [0.05, 0.1) is 26.1 Å². The first-order valence-electron chi connectivity index (χ1n) is 23.7. The van der Waals surface area contributed by atoms with E-state index in [1.807, 2.05) is 6.92 Å². The minimum atomic E-state index is -0.719. The third-order valence-electron chi connectivity index (χ3n) is 14.2. The van der Waals surface area contributed by atoms with E-state index in [2.05, 4.69) is 74.6 Å². The Morgan fingerprint density at radius 1 is 0.703 bits per heavy atom. The summed E-state index contributed by atoms with van der Waals surface area (Å²) in [6.45, 7) is 27.6. The van der Waals surface area contributed by atoms with Crippen LogP contribution in [0.3, 0.4) is 0 Å². The molecule has 1 saturated heterocycles. The molecule has 370 valence electrons. The molecule has 1 amide bonds. The number of allylic oxidation sites excluding steroid dienone is 1. The van der Waals surface area contributed by atoms with Gasteiger partial charge in [0.2, 0.25) is 12.5 Å². The van der Waals surface area contributed by atoms with E-state index >= 15 is 0 Å². The topological polar surface area (TPSA) is 205 Å². The van der Waals surface area contributed by atoms with Gasteiger partial charge in [-0.1, -0.05) is 74.8 Å². The Balaban J connectivity index is 0.000000405.